The molecule has 2 heterocycles. The van der Waals surface area contributed by atoms with E-state index in [-0.39, 0.29) is 17.1 Å². The quantitative estimate of drug-likeness (QED) is 0.599. The Morgan fingerprint density at radius 2 is 2.25 bits per heavy atom. The van der Waals surface area contributed by atoms with Crippen LogP contribution in [0.2, 0.25) is 0 Å². The maximum Gasteiger partial charge on any atom is 0.247 e. The van der Waals surface area contributed by atoms with Crippen LogP contribution in [-0.2, 0) is 24.2 Å². The number of sulfonamides is 1. The molecule has 1 unspecified atom stereocenters. The van der Waals surface area contributed by atoms with Crippen molar-refractivity contribution in [3.63, 3.8) is 0 Å². The van der Waals surface area contributed by atoms with E-state index in [9.17, 15) is 8.42 Å². The minimum absolute atomic E-state index is 0.138. The zero-order valence-corrected chi connectivity index (χ0v) is 13.5. The summed E-state index contributed by atoms with van der Waals surface area (Å²) in [4.78, 5) is 0. The van der Waals surface area contributed by atoms with Crippen molar-refractivity contribution in [3.05, 3.63) is 11.6 Å². The lowest BCUT2D eigenvalue weighted by Crippen LogP contribution is -2.13. The molecule has 0 spiro atoms. The van der Waals surface area contributed by atoms with Crippen LogP contribution in [-0.4, -0.2) is 41.3 Å². The van der Waals surface area contributed by atoms with E-state index in [1.807, 2.05) is 0 Å². The number of methoxy groups -OCH3 is 1. The van der Waals surface area contributed by atoms with Gasteiger partial charge in [-0.1, -0.05) is 0 Å². The first kappa shape index (κ1) is 16.2. The van der Waals surface area contributed by atoms with E-state index >= 15 is 0 Å². The van der Waals surface area contributed by atoms with Gasteiger partial charge >= 0.3 is 0 Å². The smallest absolute Gasteiger partial charge is 0.247 e. The number of hydrogen-bond acceptors (Lipinski definition) is 7. The summed E-state index contributed by atoms with van der Waals surface area (Å²) in [6.45, 7) is 1.15. The van der Waals surface area contributed by atoms with Gasteiger partial charge in [-0.25, -0.2) is 13.6 Å². The maximum atomic E-state index is 11.4. The van der Waals surface area contributed by atoms with Gasteiger partial charge in [-0.05, 0) is 12.5 Å². The zero-order valence-electron chi connectivity index (χ0n) is 11.0. The molecule has 0 radical (unpaired) electrons. The van der Waals surface area contributed by atoms with Crippen molar-refractivity contribution in [2.45, 2.75) is 20.9 Å². The Kier molecular flexibility index (Phi) is 5.84. The first-order valence-electron chi connectivity index (χ1n) is 6.00. The van der Waals surface area contributed by atoms with Crippen molar-refractivity contribution in [2.24, 2.45) is 5.14 Å². The zero-order chi connectivity index (χ0) is 14.6. The van der Waals surface area contributed by atoms with E-state index in [2.05, 4.69) is 0 Å². The monoisotopic (exact) mass is 339 g/mol. The molecule has 1 aliphatic rings. The van der Waals surface area contributed by atoms with Crippen LogP contribution in [0.15, 0.2) is 14.5 Å². The molecular formula is C11H17NO5S3. The Balaban J connectivity index is 1.99. The molecule has 9 heteroatoms. The van der Waals surface area contributed by atoms with Crippen molar-refractivity contribution in [2.75, 3.05) is 32.9 Å². The summed E-state index contributed by atoms with van der Waals surface area (Å²) in [5.74, 6) is 0.889. The van der Waals surface area contributed by atoms with Gasteiger partial charge in [0.05, 0.1) is 23.5 Å². The SMILES string of the molecule is COCCOCOC1CCSc2sc(S(N)(=O)=O)cc21. The highest BCUT2D eigenvalue weighted by Crippen LogP contribution is 2.44. The number of thioether (sulfide) groups is 1. The summed E-state index contributed by atoms with van der Waals surface area (Å²) in [5.41, 5.74) is 0.894. The number of ether oxygens (including phenoxy) is 3. The highest BCUT2D eigenvalue weighted by molar-refractivity contribution is 8.01. The molecule has 2 rings (SSSR count). The Hall–Kier alpha value is -0.160. The van der Waals surface area contributed by atoms with Gasteiger partial charge in [-0.15, -0.1) is 23.1 Å². The van der Waals surface area contributed by atoms with Crippen LogP contribution in [0.5, 0.6) is 0 Å². The second-order valence-electron chi connectivity index (χ2n) is 4.16. The van der Waals surface area contributed by atoms with Crippen molar-refractivity contribution in [3.8, 4) is 0 Å². The van der Waals surface area contributed by atoms with Crippen LogP contribution < -0.4 is 5.14 Å². The van der Waals surface area contributed by atoms with Crippen molar-refractivity contribution < 1.29 is 22.6 Å². The number of hydrogen-bond donors (Lipinski definition) is 1. The fourth-order valence-corrected chi connectivity index (χ4v) is 5.23. The summed E-state index contributed by atoms with van der Waals surface area (Å²) in [6.07, 6.45) is 0.687. The fraction of sp³-hybridized carbons (Fsp3) is 0.636. The van der Waals surface area contributed by atoms with Gasteiger partial charge in [0.25, 0.3) is 0 Å². The molecule has 2 N–H and O–H groups in total. The van der Waals surface area contributed by atoms with Gasteiger partial charge in [-0.3, -0.25) is 0 Å². The van der Waals surface area contributed by atoms with Crippen LogP contribution in [0.3, 0.4) is 0 Å². The van der Waals surface area contributed by atoms with Crippen molar-refractivity contribution in [1.82, 2.24) is 0 Å². The molecule has 1 atom stereocenters. The largest absolute Gasteiger partial charge is 0.382 e. The molecule has 0 aliphatic carbocycles. The number of rotatable bonds is 7. The molecule has 1 aromatic heterocycles. The van der Waals surface area contributed by atoms with Crippen molar-refractivity contribution in [1.29, 1.82) is 0 Å². The topological polar surface area (TPSA) is 87.8 Å². The predicted octanol–water partition coefficient (Wildman–Crippen LogP) is 1.57. The van der Waals surface area contributed by atoms with Gasteiger partial charge < -0.3 is 14.2 Å². The Bertz CT molecular complexity index is 542. The highest BCUT2D eigenvalue weighted by atomic mass is 32.3. The van der Waals surface area contributed by atoms with E-state index in [1.165, 1.54) is 11.3 Å². The maximum absolute atomic E-state index is 11.4. The third kappa shape index (κ3) is 4.17. The molecule has 0 saturated heterocycles. The second-order valence-corrected chi connectivity index (χ2v) is 8.37. The average molecular weight is 339 g/mol. The summed E-state index contributed by atoms with van der Waals surface area (Å²) in [6, 6.07) is 1.61. The van der Waals surface area contributed by atoms with Crippen LogP contribution in [0.4, 0.5) is 0 Å². The van der Waals surface area contributed by atoms with Crippen LogP contribution in [0, 0.1) is 0 Å². The van der Waals surface area contributed by atoms with E-state index < -0.39 is 10.0 Å². The van der Waals surface area contributed by atoms with Crippen LogP contribution in [0.1, 0.15) is 18.1 Å². The van der Waals surface area contributed by atoms with Crippen molar-refractivity contribution >= 4 is 33.1 Å². The first-order chi connectivity index (χ1) is 9.52. The molecule has 114 valence electrons. The lowest BCUT2D eigenvalue weighted by Gasteiger charge is -2.22. The molecule has 0 aromatic carbocycles. The molecule has 1 aromatic rings. The molecule has 1 aliphatic heterocycles. The predicted molar refractivity (Wildman–Crippen MR) is 77.6 cm³/mol. The number of fused-ring (bicyclic) bond motifs is 1. The lowest BCUT2D eigenvalue weighted by atomic mass is 10.1. The molecule has 6 nitrogen and oxygen atoms in total. The Morgan fingerprint density at radius 3 is 2.95 bits per heavy atom. The Morgan fingerprint density at radius 1 is 1.45 bits per heavy atom. The summed E-state index contributed by atoms with van der Waals surface area (Å²) in [5, 5.41) is 5.16. The number of nitrogens with two attached hydrogens (primary N) is 1. The number of thiophene rings is 1. The third-order valence-electron chi connectivity index (χ3n) is 2.73. The third-order valence-corrected chi connectivity index (χ3v) is 6.63. The standard InChI is InChI=1S/C11H17NO5S3/c1-15-3-4-16-7-17-9-2-5-18-11-8(9)6-10(19-11)20(12,13)14/h6,9H,2-5,7H2,1H3,(H2,12,13,14). The van der Waals surface area contributed by atoms with Crippen LogP contribution in [0.25, 0.3) is 0 Å². The molecule has 0 saturated carbocycles. The summed E-state index contributed by atoms with van der Waals surface area (Å²) >= 11 is 2.84. The van der Waals surface area contributed by atoms with E-state index in [1.54, 1.807) is 24.9 Å². The molecule has 20 heavy (non-hydrogen) atoms. The van der Waals surface area contributed by atoms with Gasteiger partial charge in [0.1, 0.15) is 11.0 Å². The molecular weight excluding hydrogens is 322 g/mol. The summed E-state index contributed by atoms with van der Waals surface area (Å²) < 4.78 is 39.7. The minimum atomic E-state index is -3.65. The molecule has 0 fully saturated rings. The minimum Gasteiger partial charge on any atom is -0.382 e. The van der Waals surface area contributed by atoms with Crippen LogP contribution >= 0.6 is 23.1 Å². The number of primary sulfonamides is 1. The second kappa shape index (κ2) is 7.21. The van der Waals surface area contributed by atoms with Gasteiger partial charge in [0.15, 0.2) is 0 Å². The first-order valence-corrected chi connectivity index (χ1v) is 9.35. The van der Waals surface area contributed by atoms with Gasteiger partial charge in [0.2, 0.25) is 10.0 Å². The average Bonchev–Trinajstić information content (AvgIpc) is 2.83. The van der Waals surface area contributed by atoms with Gasteiger partial charge in [0, 0.05) is 18.4 Å². The molecule has 0 bridgehead atoms. The Labute approximate surface area is 126 Å². The normalized spacial score (nSPS) is 19.0. The fourth-order valence-electron chi connectivity index (χ4n) is 1.76. The lowest BCUT2D eigenvalue weighted by molar-refractivity contribution is -0.100. The van der Waals surface area contributed by atoms with E-state index in [4.69, 9.17) is 19.3 Å². The highest BCUT2D eigenvalue weighted by Gasteiger charge is 2.26. The summed E-state index contributed by atoms with van der Waals surface area (Å²) in [7, 11) is -2.04. The molecule has 0 amide bonds. The van der Waals surface area contributed by atoms with Gasteiger partial charge in [-0.2, -0.15) is 0 Å². The van der Waals surface area contributed by atoms with E-state index in [0.29, 0.717) is 13.2 Å². The van der Waals surface area contributed by atoms with E-state index in [0.717, 1.165) is 21.9 Å².